The lowest BCUT2D eigenvalue weighted by Crippen LogP contribution is -1.94. The van der Waals surface area contributed by atoms with Gasteiger partial charge >= 0.3 is 0 Å². The third-order valence-corrected chi connectivity index (χ3v) is 2.81. The molecule has 1 aliphatic carbocycles. The lowest BCUT2D eigenvalue weighted by Gasteiger charge is -1.98. The molecule has 0 heterocycles. The highest BCUT2D eigenvalue weighted by molar-refractivity contribution is 14.1. The highest BCUT2D eigenvalue weighted by Crippen LogP contribution is 2.25. The van der Waals surface area contributed by atoms with Gasteiger partial charge in [-0.3, -0.25) is 9.59 Å². The van der Waals surface area contributed by atoms with Crippen molar-refractivity contribution in [2.24, 2.45) is 0 Å². The second-order valence-electron chi connectivity index (χ2n) is 2.84. The minimum Gasteiger partial charge on any atom is -0.294 e. The molecule has 66 valence electrons. The van der Waals surface area contributed by atoms with E-state index in [0.717, 1.165) is 6.07 Å². The number of benzene rings is 1. The predicted molar refractivity (Wildman–Crippen MR) is 52.4 cm³/mol. The lowest BCUT2D eigenvalue weighted by atomic mass is 10.1. The fourth-order valence-electron chi connectivity index (χ4n) is 1.34. The number of carbonyl (C=O) groups excluding carboxylic acids is 2. The van der Waals surface area contributed by atoms with Crippen LogP contribution in [-0.4, -0.2) is 11.6 Å². The summed E-state index contributed by atoms with van der Waals surface area (Å²) in [6.07, 6.45) is -0.116. The van der Waals surface area contributed by atoms with Crippen molar-refractivity contribution in [3.63, 3.8) is 0 Å². The Morgan fingerprint density at radius 1 is 1.15 bits per heavy atom. The molecular weight excluding hydrogens is 286 g/mol. The highest BCUT2D eigenvalue weighted by atomic mass is 127. The van der Waals surface area contributed by atoms with E-state index in [1.807, 2.05) is 0 Å². The van der Waals surface area contributed by atoms with Crippen molar-refractivity contribution in [2.45, 2.75) is 6.42 Å². The molecule has 0 radical (unpaired) electrons. The molecule has 0 saturated heterocycles. The van der Waals surface area contributed by atoms with Gasteiger partial charge in [0.1, 0.15) is 5.82 Å². The van der Waals surface area contributed by atoms with E-state index in [-0.39, 0.29) is 23.6 Å². The predicted octanol–water partition coefficient (Wildman–Crippen LogP) is 2.20. The molecule has 1 aliphatic rings. The maximum Gasteiger partial charge on any atom is 0.171 e. The van der Waals surface area contributed by atoms with E-state index in [9.17, 15) is 14.0 Å². The molecule has 1 aromatic rings. The van der Waals surface area contributed by atoms with E-state index in [2.05, 4.69) is 0 Å². The summed E-state index contributed by atoms with van der Waals surface area (Å²) in [7, 11) is 0. The van der Waals surface area contributed by atoms with Gasteiger partial charge in [-0.25, -0.2) is 4.39 Å². The second kappa shape index (κ2) is 2.87. The molecule has 0 N–H and O–H groups in total. The molecule has 0 amide bonds. The molecule has 1 aromatic carbocycles. The maximum absolute atomic E-state index is 13.0. The Kier molecular flexibility index (Phi) is 1.94. The van der Waals surface area contributed by atoms with E-state index in [1.165, 1.54) is 6.07 Å². The molecule has 4 heteroatoms. The van der Waals surface area contributed by atoms with Gasteiger partial charge in [0.15, 0.2) is 11.6 Å². The topological polar surface area (TPSA) is 34.1 Å². The van der Waals surface area contributed by atoms with Crippen LogP contribution in [0.15, 0.2) is 12.1 Å². The molecule has 0 spiro atoms. The lowest BCUT2D eigenvalue weighted by molar-refractivity contribution is 0.0923. The van der Waals surface area contributed by atoms with Gasteiger partial charge in [-0.1, -0.05) is 0 Å². The number of ketones is 2. The third-order valence-electron chi connectivity index (χ3n) is 1.98. The van der Waals surface area contributed by atoms with Crippen molar-refractivity contribution in [3.8, 4) is 0 Å². The van der Waals surface area contributed by atoms with Crippen LogP contribution < -0.4 is 0 Å². The Hall–Kier alpha value is -0.780. The van der Waals surface area contributed by atoms with E-state index in [0.29, 0.717) is 9.13 Å². The van der Waals surface area contributed by atoms with Crippen molar-refractivity contribution in [1.29, 1.82) is 0 Å². The van der Waals surface area contributed by atoms with Crippen LogP contribution in [-0.2, 0) is 0 Å². The number of fused-ring (bicyclic) bond motifs is 1. The second-order valence-corrected chi connectivity index (χ2v) is 4.00. The first-order chi connectivity index (χ1) is 6.09. The van der Waals surface area contributed by atoms with Crippen LogP contribution in [0.3, 0.4) is 0 Å². The Labute approximate surface area is 87.3 Å². The molecule has 0 saturated carbocycles. The summed E-state index contributed by atoms with van der Waals surface area (Å²) in [6, 6.07) is 2.57. The molecule has 0 bridgehead atoms. The van der Waals surface area contributed by atoms with Gasteiger partial charge in [0.05, 0.1) is 6.42 Å². The van der Waals surface area contributed by atoms with Crippen molar-refractivity contribution < 1.29 is 14.0 Å². The smallest absolute Gasteiger partial charge is 0.171 e. The fraction of sp³-hybridized carbons (Fsp3) is 0.111. The first kappa shape index (κ1) is 8.80. The zero-order valence-electron chi connectivity index (χ0n) is 6.43. The van der Waals surface area contributed by atoms with Crippen LogP contribution in [0.1, 0.15) is 27.1 Å². The maximum atomic E-state index is 13.0. The Morgan fingerprint density at radius 2 is 1.69 bits per heavy atom. The van der Waals surface area contributed by atoms with Gasteiger partial charge in [0, 0.05) is 14.7 Å². The monoisotopic (exact) mass is 290 g/mol. The van der Waals surface area contributed by atoms with Gasteiger partial charge in [-0.15, -0.1) is 0 Å². The summed E-state index contributed by atoms with van der Waals surface area (Å²) in [6.45, 7) is 0. The molecule has 0 aromatic heterocycles. The molecule has 0 fully saturated rings. The summed E-state index contributed by atoms with van der Waals surface area (Å²) in [4.78, 5) is 22.3. The third kappa shape index (κ3) is 1.29. The van der Waals surface area contributed by atoms with Crippen molar-refractivity contribution >= 4 is 34.2 Å². The summed E-state index contributed by atoms with van der Waals surface area (Å²) in [5, 5.41) is 0. The molecule has 2 nitrogen and oxygen atoms in total. The van der Waals surface area contributed by atoms with Crippen LogP contribution in [0, 0.1) is 9.39 Å². The number of rotatable bonds is 0. The molecule has 0 unspecified atom stereocenters. The number of halogens is 2. The summed E-state index contributed by atoms with van der Waals surface area (Å²) in [5.74, 6) is -0.935. The van der Waals surface area contributed by atoms with Crippen molar-refractivity contribution in [1.82, 2.24) is 0 Å². The van der Waals surface area contributed by atoms with E-state index < -0.39 is 5.82 Å². The molecule has 0 atom stereocenters. The molecule has 2 rings (SSSR count). The highest BCUT2D eigenvalue weighted by Gasteiger charge is 2.28. The van der Waals surface area contributed by atoms with E-state index >= 15 is 0 Å². The Morgan fingerprint density at radius 3 is 2.31 bits per heavy atom. The van der Waals surface area contributed by atoms with E-state index in [4.69, 9.17) is 0 Å². The standard InChI is InChI=1S/C9H4FIO2/c10-6-1-4-5(2-7(6)11)9(13)3-8(4)12/h1-2H,3H2. The Balaban J connectivity index is 2.72. The minimum atomic E-state index is -0.442. The van der Waals surface area contributed by atoms with E-state index in [1.54, 1.807) is 22.6 Å². The summed E-state index contributed by atoms with van der Waals surface area (Å²) < 4.78 is 13.4. The zero-order chi connectivity index (χ0) is 9.59. The normalized spacial score (nSPS) is 14.9. The zero-order valence-corrected chi connectivity index (χ0v) is 8.59. The van der Waals surface area contributed by atoms with Crippen molar-refractivity contribution in [3.05, 3.63) is 32.6 Å². The van der Waals surface area contributed by atoms with Crippen LogP contribution in [0.25, 0.3) is 0 Å². The minimum absolute atomic E-state index is 0.116. The molecule has 13 heavy (non-hydrogen) atoms. The van der Waals surface area contributed by atoms with Crippen LogP contribution >= 0.6 is 22.6 Å². The van der Waals surface area contributed by atoms with Gasteiger partial charge in [0.2, 0.25) is 0 Å². The number of carbonyl (C=O) groups is 2. The van der Waals surface area contributed by atoms with Crippen LogP contribution in [0.2, 0.25) is 0 Å². The molecular formula is C9H4FIO2. The van der Waals surface area contributed by atoms with Crippen molar-refractivity contribution in [2.75, 3.05) is 0 Å². The number of hydrogen-bond acceptors (Lipinski definition) is 2. The average molecular weight is 290 g/mol. The summed E-state index contributed by atoms with van der Waals surface area (Å²) in [5.41, 5.74) is 0.582. The first-order valence-electron chi connectivity index (χ1n) is 3.65. The Bertz CT molecular complexity index is 387. The fourth-order valence-corrected chi connectivity index (χ4v) is 1.81. The van der Waals surface area contributed by atoms with Crippen LogP contribution in [0.4, 0.5) is 4.39 Å². The quantitative estimate of drug-likeness (QED) is 0.542. The average Bonchev–Trinajstić information content (AvgIpc) is 2.31. The van der Waals surface area contributed by atoms with Gasteiger partial charge in [0.25, 0.3) is 0 Å². The molecule has 0 aliphatic heterocycles. The summed E-state index contributed by atoms with van der Waals surface area (Å²) >= 11 is 1.80. The van der Waals surface area contributed by atoms with Gasteiger partial charge in [-0.2, -0.15) is 0 Å². The first-order valence-corrected chi connectivity index (χ1v) is 4.73. The SMILES string of the molecule is O=C1CC(=O)c2cc(I)c(F)cc21. The van der Waals surface area contributed by atoms with Crippen LogP contribution in [0.5, 0.6) is 0 Å². The van der Waals surface area contributed by atoms with Gasteiger partial charge < -0.3 is 0 Å². The largest absolute Gasteiger partial charge is 0.294 e. The number of hydrogen-bond donors (Lipinski definition) is 0. The van der Waals surface area contributed by atoms with Gasteiger partial charge in [-0.05, 0) is 34.7 Å². The number of Topliss-reactive ketones (excluding diaryl/α,β-unsaturated/α-hetero) is 2.